The molecule has 0 bridgehead atoms. The van der Waals surface area contributed by atoms with Gasteiger partial charge in [0.05, 0.1) is 19.8 Å². The van der Waals surface area contributed by atoms with Gasteiger partial charge in [-0.05, 0) is 96.3 Å². The normalized spacial score (nSPS) is 14.1. The summed E-state index contributed by atoms with van der Waals surface area (Å²) < 4.78 is 39.4. The number of carbonyl (C=O) groups is 3. The van der Waals surface area contributed by atoms with Gasteiger partial charge in [0.15, 0.2) is 6.10 Å². The van der Waals surface area contributed by atoms with Crippen molar-refractivity contribution in [2.75, 3.05) is 26.4 Å². The van der Waals surface area contributed by atoms with Crippen LogP contribution in [0, 0.1) is 0 Å². The van der Waals surface area contributed by atoms with Gasteiger partial charge in [-0.2, -0.15) is 0 Å². The molecule has 0 radical (unpaired) electrons. The maximum absolute atomic E-state index is 12.9. The number of unbranched alkanes of at least 4 members (excludes halogenated alkanes) is 18. The third-order valence-electron chi connectivity index (χ3n) is 11.5. The summed E-state index contributed by atoms with van der Waals surface area (Å²) in [4.78, 5) is 48.4. The van der Waals surface area contributed by atoms with Gasteiger partial charge in [0.25, 0.3) is 0 Å². The molecule has 0 aliphatic rings. The Labute approximate surface area is 438 Å². The molecule has 0 aromatic rings. The van der Waals surface area contributed by atoms with Crippen molar-refractivity contribution in [3.8, 4) is 0 Å². The highest BCUT2D eigenvalue weighted by Gasteiger charge is 2.28. The van der Waals surface area contributed by atoms with Gasteiger partial charge in [-0.25, -0.2) is 4.57 Å². The lowest BCUT2D eigenvalue weighted by molar-refractivity contribution is -0.161. The number of hydrogen-bond acceptors (Lipinski definition) is 10. The van der Waals surface area contributed by atoms with E-state index in [-0.39, 0.29) is 25.9 Å². The van der Waals surface area contributed by atoms with Gasteiger partial charge >= 0.3 is 25.7 Å². The minimum Gasteiger partial charge on any atom is -0.462 e. The molecule has 0 aromatic heterocycles. The zero-order valence-corrected chi connectivity index (χ0v) is 46.3. The van der Waals surface area contributed by atoms with Crippen LogP contribution in [0.2, 0.25) is 0 Å². The largest absolute Gasteiger partial charge is 0.472 e. The molecule has 0 saturated carbocycles. The summed E-state index contributed by atoms with van der Waals surface area (Å²) in [5, 5.41) is 9.80. The summed E-state index contributed by atoms with van der Waals surface area (Å²) in [6, 6.07) is 0. The summed E-state index contributed by atoms with van der Waals surface area (Å²) in [5.41, 5.74) is 0. The summed E-state index contributed by atoms with van der Waals surface area (Å²) in [6.45, 7) is 4.34. The van der Waals surface area contributed by atoms with E-state index in [0.29, 0.717) is 19.3 Å². The minimum atomic E-state index is -4.76. The second-order valence-electron chi connectivity index (χ2n) is 18.3. The van der Waals surface area contributed by atoms with Crippen LogP contribution in [0.1, 0.15) is 226 Å². The molecule has 0 spiro atoms. The highest BCUT2D eigenvalue weighted by molar-refractivity contribution is 7.47. The molecule has 0 aromatic carbocycles. The zero-order valence-electron chi connectivity index (χ0n) is 45.4. The first-order valence-corrected chi connectivity index (χ1v) is 29.6. The van der Waals surface area contributed by atoms with Crippen molar-refractivity contribution in [1.82, 2.24) is 0 Å². The molecule has 11 nitrogen and oxygen atoms in total. The quantitative estimate of drug-likeness (QED) is 0.0197. The molecule has 0 amide bonds. The first-order valence-electron chi connectivity index (χ1n) is 28.1. The third kappa shape index (κ3) is 51.3. The maximum atomic E-state index is 12.9. The molecule has 12 heteroatoms. The lowest BCUT2D eigenvalue weighted by atomic mass is 10.1. The summed E-state index contributed by atoms with van der Waals surface area (Å²) in [5.74, 6) is -1.52. The second-order valence-corrected chi connectivity index (χ2v) is 19.8. The van der Waals surface area contributed by atoms with Crippen molar-refractivity contribution >= 4 is 25.7 Å². The van der Waals surface area contributed by atoms with Gasteiger partial charge < -0.3 is 24.2 Å². The Bertz CT molecular complexity index is 1580. The Morgan fingerprint density at radius 1 is 0.403 bits per heavy atom. The van der Waals surface area contributed by atoms with Crippen LogP contribution in [0.3, 0.4) is 0 Å². The molecule has 0 rings (SSSR count). The van der Waals surface area contributed by atoms with Crippen LogP contribution >= 0.6 is 7.82 Å². The number of aliphatic hydroxyl groups is 1. The van der Waals surface area contributed by atoms with Gasteiger partial charge in [-0.15, -0.1) is 0 Å². The molecule has 0 saturated heterocycles. The first-order chi connectivity index (χ1) is 35.2. The molecule has 412 valence electrons. The van der Waals surface area contributed by atoms with Crippen molar-refractivity contribution < 1.29 is 52.2 Å². The van der Waals surface area contributed by atoms with Crippen LogP contribution in [-0.2, 0) is 42.2 Å². The molecule has 72 heavy (non-hydrogen) atoms. The summed E-state index contributed by atoms with van der Waals surface area (Å²) in [7, 11) is -4.76. The summed E-state index contributed by atoms with van der Waals surface area (Å²) >= 11 is 0. The standard InChI is InChI=1S/C60H101O11P/c1-4-7-10-13-16-19-21-23-25-27-28-30-32-34-36-39-42-45-48-51-60(64)71-57(53-67-58(62)49-46-43-40-37-18-15-12-9-6-3)55-69-72(65,66)68-54-56(52-61)70-59(63)50-47-44-41-38-35-33-31-29-26-24-22-20-17-14-11-8-5-2/h7-8,10-11,16-17,19-20,23-26,28,30,34,36,56-57,61H,4-6,9,12-15,18,21-22,27,29,31-33,35,37-55H2,1-3H3,(H,65,66)/b10-7-,11-8-,19-16-,20-17-,25-23-,26-24-,30-28-,36-34-. The van der Waals surface area contributed by atoms with Crippen molar-refractivity contribution in [2.24, 2.45) is 0 Å². The fourth-order valence-corrected chi connectivity index (χ4v) is 8.06. The molecule has 3 unspecified atom stereocenters. The first kappa shape index (κ1) is 68.4. The topological polar surface area (TPSA) is 155 Å². The van der Waals surface area contributed by atoms with Crippen LogP contribution in [0.5, 0.6) is 0 Å². The highest BCUT2D eigenvalue weighted by atomic mass is 31.2. The number of ether oxygens (including phenoxy) is 3. The molecule has 0 fully saturated rings. The van der Waals surface area contributed by atoms with E-state index < -0.39 is 57.8 Å². The predicted molar refractivity (Wildman–Crippen MR) is 297 cm³/mol. The molecule has 2 N–H and O–H groups in total. The number of hydrogen-bond donors (Lipinski definition) is 2. The van der Waals surface area contributed by atoms with E-state index in [9.17, 15) is 28.9 Å². The number of esters is 3. The Hall–Kier alpha value is -3.60. The van der Waals surface area contributed by atoms with E-state index in [1.165, 1.54) is 44.9 Å². The van der Waals surface area contributed by atoms with Gasteiger partial charge in [-0.1, -0.05) is 208 Å². The van der Waals surface area contributed by atoms with E-state index in [2.05, 4.69) is 118 Å². The number of allylic oxidation sites excluding steroid dienone is 16. The van der Waals surface area contributed by atoms with E-state index in [1.807, 2.05) is 0 Å². The smallest absolute Gasteiger partial charge is 0.462 e. The predicted octanol–water partition coefficient (Wildman–Crippen LogP) is 16.5. The number of carbonyl (C=O) groups excluding carboxylic acids is 3. The van der Waals surface area contributed by atoms with Crippen LogP contribution in [0.25, 0.3) is 0 Å². The maximum Gasteiger partial charge on any atom is 0.472 e. The lowest BCUT2D eigenvalue weighted by Crippen LogP contribution is -2.30. The molecule has 0 aliphatic carbocycles. The molecular formula is C60H101O11P. The molecule has 0 heterocycles. The average Bonchev–Trinajstić information content (AvgIpc) is 3.37. The SMILES string of the molecule is CC/C=C\C/C=C\C/C=C\C/C=C\C/C=C\CCCCCC(=O)OC(COC(=O)CCCCCCCCCCC)COP(=O)(O)OCC(CO)OC(=O)CCCCCCCCC/C=C\C/C=C\C/C=C\CC. The van der Waals surface area contributed by atoms with Crippen LogP contribution in [-0.4, -0.2) is 66.5 Å². The van der Waals surface area contributed by atoms with Crippen LogP contribution < -0.4 is 0 Å². The zero-order chi connectivity index (χ0) is 52.7. The lowest BCUT2D eigenvalue weighted by Gasteiger charge is -2.21. The van der Waals surface area contributed by atoms with E-state index in [1.54, 1.807) is 0 Å². The molecular weight excluding hydrogens is 928 g/mol. The van der Waals surface area contributed by atoms with Crippen molar-refractivity contribution in [2.45, 2.75) is 238 Å². The third-order valence-corrected chi connectivity index (χ3v) is 12.5. The van der Waals surface area contributed by atoms with E-state index in [4.69, 9.17) is 23.3 Å². The van der Waals surface area contributed by atoms with E-state index in [0.717, 1.165) is 122 Å². The van der Waals surface area contributed by atoms with Crippen LogP contribution in [0.4, 0.5) is 0 Å². The number of rotatable bonds is 51. The Morgan fingerprint density at radius 3 is 1.12 bits per heavy atom. The van der Waals surface area contributed by atoms with Crippen molar-refractivity contribution in [3.05, 3.63) is 97.2 Å². The molecule has 3 atom stereocenters. The van der Waals surface area contributed by atoms with Crippen molar-refractivity contribution in [1.29, 1.82) is 0 Å². The Morgan fingerprint density at radius 2 is 0.722 bits per heavy atom. The van der Waals surface area contributed by atoms with Crippen LogP contribution in [0.15, 0.2) is 97.2 Å². The number of aliphatic hydroxyl groups excluding tert-OH is 1. The number of phosphoric ester groups is 1. The van der Waals surface area contributed by atoms with Gasteiger partial charge in [0, 0.05) is 19.3 Å². The van der Waals surface area contributed by atoms with Crippen molar-refractivity contribution in [3.63, 3.8) is 0 Å². The highest BCUT2D eigenvalue weighted by Crippen LogP contribution is 2.43. The second kappa shape index (κ2) is 53.7. The fourth-order valence-electron chi connectivity index (χ4n) is 7.28. The van der Waals surface area contributed by atoms with E-state index >= 15 is 0 Å². The number of phosphoric acid groups is 1. The Balaban J connectivity index is 4.71. The fraction of sp³-hybridized carbons (Fsp3) is 0.683. The van der Waals surface area contributed by atoms with Gasteiger partial charge in [-0.3, -0.25) is 23.4 Å². The monoisotopic (exact) mass is 1030 g/mol. The minimum absolute atomic E-state index is 0.125. The Kier molecular flexibility index (Phi) is 51.0. The summed E-state index contributed by atoms with van der Waals surface area (Å²) in [6.07, 6.45) is 62.3. The van der Waals surface area contributed by atoms with Gasteiger partial charge in [0.2, 0.25) is 0 Å². The van der Waals surface area contributed by atoms with Gasteiger partial charge in [0.1, 0.15) is 12.7 Å². The average molecular weight is 1030 g/mol. The molecule has 0 aliphatic heterocycles.